The van der Waals surface area contributed by atoms with Crippen LogP contribution < -0.4 is 9.80 Å². The second kappa shape index (κ2) is 9.16. The minimum atomic E-state index is -2.75. The standard InChI is InChI=1S/C18H28F2N6O/c1-7-11(2)25(6)17-22-16(13(4)14(21-5)15(19)20)23-18(24-17)26-8-9-27-10-12(26)3/h11-12,15H,4,7-10H2,1-3,5-6H3/t11?,12-/m0/s1. The molecule has 1 aromatic heterocycles. The molecular weight excluding hydrogens is 354 g/mol. The van der Waals surface area contributed by atoms with Gasteiger partial charge < -0.3 is 14.5 Å². The third-order valence-corrected chi connectivity index (χ3v) is 4.83. The number of halogens is 2. The first-order chi connectivity index (χ1) is 12.8. The Hall–Kier alpha value is -2.16. The molecule has 9 heteroatoms. The number of hydrogen-bond acceptors (Lipinski definition) is 7. The van der Waals surface area contributed by atoms with Gasteiger partial charge in [0.1, 0.15) is 5.71 Å². The number of alkyl halides is 2. The fourth-order valence-corrected chi connectivity index (χ4v) is 2.75. The maximum atomic E-state index is 13.3. The molecule has 0 N–H and O–H groups in total. The van der Waals surface area contributed by atoms with E-state index in [0.29, 0.717) is 31.7 Å². The zero-order chi connectivity index (χ0) is 20.1. The summed E-state index contributed by atoms with van der Waals surface area (Å²) in [4.78, 5) is 21.0. The van der Waals surface area contributed by atoms with E-state index in [2.05, 4.69) is 33.4 Å². The quantitative estimate of drug-likeness (QED) is 0.676. The third kappa shape index (κ3) is 4.77. The molecule has 0 bridgehead atoms. The molecule has 2 rings (SSSR count). The second-order valence-corrected chi connectivity index (χ2v) is 6.63. The van der Waals surface area contributed by atoms with E-state index in [9.17, 15) is 8.78 Å². The normalized spacial score (nSPS) is 19.3. The van der Waals surface area contributed by atoms with Gasteiger partial charge in [0.05, 0.1) is 19.3 Å². The average Bonchev–Trinajstić information content (AvgIpc) is 2.66. The molecule has 1 fully saturated rings. The van der Waals surface area contributed by atoms with Crippen LogP contribution in [0.25, 0.3) is 5.57 Å². The summed E-state index contributed by atoms with van der Waals surface area (Å²) >= 11 is 0. The molecule has 1 aliphatic rings. The Balaban J connectivity index is 2.52. The van der Waals surface area contributed by atoms with Crippen molar-refractivity contribution in [3.05, 3.63) is 12.4 Å². The number of nitrogens with zero attached hydrogens (tertiary/aromatic N) is 6. The van der Waals surface area contributed by atoms with Crippen LogP contribution in [0.1, 0.15) is 33.0 Å². The molecule has 150 valence electrons. The molecule has 2 heterocycles. The van der Waals surface area contributed by atoms with Crippen molar-refractivity contribution in [3.63, 3.8) is 0 Å². The molecule has 27 heavy (non-hydrogen) atoms. The van der Waals surface area contributed by atoms with E-state index < -0.39 is 12.1 Å². The molecule has 1 aliphatic heterocycles. The highest BCUT2D eigenvalue weighted by Crippen LogP contribution is 2.23. The first kappa shape index (κ1) is 21.1. The van der Waals surface area contributed by atoms with E-state index in [1.54, 1.807) is 0 Å². The van der Waals surface area contributed by atoms with Gasteiger partial charge in [-0.3, -0.25) is 4.99 Å². The lowest BCUT2D eigenvalue weighted by Gasteiger charge is -2.34. The molecule has 1 unspecified atom stereocenters. The van der Waals surface area contributed by atoms with Crippen molar-refractivity contribution >= 4 is 23.2 Å². The topological polar surface area (TPSA) is 66.7 Å². The van der Waals surface area contributed by atoms with Gasteiger partial charge >= 0.3 is 0 Å². The summed E-state index contributed by atoms with van der Waals surface area (Å²) in [6.07, 6.45) is -1.86. The molecule has 1 aromatic rings. The van der Waals surface area contributed by atoms with E-state index in [1.165, 1.54) is 7.05 Å². The Morgan fingerprint density at radius 2 is 2.11 bits per heavy atom. The van der Waals surface area contributed by atoms with Crippen LogP contribution in [-0.4, -0.2) is 73.0 Å². The second-order valence-electron chi connectivity index (χ2n) is 6.63. The lowest BCUT2D eigenvalue weighted by Crippen LogP contribution is -2.45. The van der Waals surface area contributed by atoms with E-state index in [1.807, 2.05) is 30.7 Å². The van der Waals surface area contributed by atoms with Crippen LogP contribution in [0, 0.1) is 0 Å². The van der Waals surface area contributed by atoms with Crippen molar-refractivity contribution < 1.29 is 13.5 Å². The summed E-state index contributed by atoms with van der Waals surface area (Å²) in [5, 5.41) is 0. The van der Waals surface area contributed by atoms with Gasteiger partial charge in [-0.1, -0.05) is 13.5 Å². The first-order valence-electron chi connectivity index (χ1n) is 9.07. The summed E-state index contributed by atoms with van der Waals surface area (Å²) in [5.41, 5.74) is -0.407. The molecule has 1 saturated heterocycles. The van der Waals surface area contributed by atoms with Crippen LogP contribution in [-0.2, 0) is 4.74 Å². The fraction of sp³-hybridized carbons (Fsp3) is 0.667. The van der Waals surface area contributed by atoms with Crippen molar-refractivity contribution in [3.8, 4) is 0 Å². The molecule has 7 nitrogen and oxygen atoms in total. The summed E-state index contributed by atoms with van der Waals surface area (Å²) < 4.78 is 32.1. The predicted octanol–water partition coefficient (Wildman–Crippen LogP) is 2.68. The highest BCUT2D eigenvalue weighted by atomic mass is 19.3. The van der Waals surface area contributed by atoms with Gasteiger partial charge in [-0.05, 0) is 20.3 Å². The Labute approximate surface area is 159 Å². The highest BCUT2D eigenvalue weighted by molar-refractivity contribution is 6.23. The smallest absolute Gasteiger partial charge is 0.280 e. The Kier molecular flexibility index (Phi) is 7.18. The highest BCUT2D eigenvalue weighted by Gasteiger charge is 2.26. The van der Waals surface area contributed by atoms with Crippen LogP contribution in [0.4, 0.5) is 20.7 Å². The Morgan fingerprint density at radius 1 is 1.41 bits per heavy atom. The van der Waals surface area contributed by atoms with Crippen LogP contribution in [0.5, 0.6) is 0 Å². The van der Waals surface area contributed by atoms with Crippen LogP contribution >= 0.6 is 0 Å². The lowest BCUT2D eigenvalue weighted by molar-refractivity contribution is 0.0980. The molecule has 0 aromatic carbocycles. The molecule has 0 aliphatic carbocycles. The number of anilines is 2. The summed E-state index contributed by atoms with van der Waals surface area (Å²) in [6, 6.07) is 0.247. The summed E-state index contributed by atoms with van der Waals surface area (Å²) in [5.74, 6) is 0.977. The SMILES string of the molecule is C=C(C(=NC)C(F)F)c1nc(N(C)C(C)CC)nc(N2CCOC[C@@H]2C)n1. The lowest BCUT2D eigenvalue weighted by atomic mass is 10.1. The molecule has 2 atom stereocenters. The van der Waals surface area contributed by atoms with Crippen LogP contribution in [0.3, 0.4) is 0 Å². The van der Waals surface area contributed by atoms with Crippen molar-refractivity contribution in [2.75, 3.05) is 43.7 Å². The van der Waals surface area contributed by atoms with Crippen molar-refractivity contribution in [1.82, 2.24) is 15.0 Å². The summed E-state index contributed by atoms with van der Waals surface area (Å²) in [6.45, 7) is 11.6. The fourth-order valence-electron chi connectivity index (χ4n) is 2.75. The molecule has 0 spiro atoms. The number of ether oxygens (including phenoxy) is 1. The third-order valence-electron chi connectivity index (χ3n) is 4.83. The maximum Gasteiger partial charge on any atom is 0.280 e. The number of morpholine rings is 1. The van der Waals surface area contributed by atoms with Crippen molar-refractivity contribution in [2.24, 2.45) is 4.99 Å². The minimum absolute atomic E-state index is 0.0101. The van der Waals surface area contributed by atoms with Crippen LogP contribution in [0.2, 0.25) is 0 Å². The van der Waals surface area contributed by atoms with Gasteiger partial charge in [0.25, 0.3) is 6.43 Å². The number of aliphatic imine (C=N–C) groups is 1. The number of hydrogen-bond donors (Lipinski definition) is 0. The zero-order valence-corrected chi connectivity index (χ0v) is 16.6. The largest absolute Gasteiger partial charge is 0.377 e. The van der Waals surface area contributed by atoms with Crippen molar-refractivity contribution in [1.29, 1.82) is 0 Å². The molecule has 0 radical (unpaired) electrons. The van der Waals surface area contributed by atoms with Crippen LogP contribution in [0.15, 0.2) is 11.6 Å². The minimum Gasteiger partial charge on any atom is -0.377 e. The van der Waals surface area contributed by atoms with E-state index in [-0.39, 0.29) is 23.5 Å². The Bertz CT molecular complexity index is 696. The van der Waals surface area contributed by atoms with E-state index >= 15 is 0 Å². The number of allylic oxidation sites excluding steroid dienone is 1. The Morgan fingerprint density at radius 3 is 2.67 bits per heavy atom. The first-order valence-corrected chi connectivity index (χ1v) is 9.07. The van der Waals surface area contributed by atoms with E-state index in [0.717, 1.165) is 6.42 Å². The molecular formula is C18H28F2N6O. The zero-order valence-electron chi connectivity index (χ0n) is 16.6. The predicted molar refractivity (Wildman–Crippen MR) is 104 cm³/mol. The van der Waals surface area contributed by atoms with E-state index in [4.69, 9.17) is 4.74 Å². The summed E-state index contributed by atoms with van der Waals surface area (Å²) in [7, 11) is 3.19. The van der Waals surface area contributed by atoms with Gasteiger partial charge in [-0.15, -0.1) is 0 Å². The van der Waals surface area contributed by atoms with Gasteiger partial charge in [-0.25, -0.2) is 8.78 Å². The number of aromatic nitrogens is 3. The molecule has 0 saturated carbocycles. The molecule has 0 amide bonds. The average molecular weight is 382 g/mol. The van der Waals surface area contributed by atoms with Gasteiger partial charge in [0.2, 0.25) is 11.9 Å². The number of rotatable bonds is 7. The van der Waals surface area contributed by atoms with Gasteiger partial charge in [0, 0.05) is 32.3 Å². The monoisotopic (exact) mass is 382 g/mol. The van der Waals surface area contributed by atoms with Gasteiger partial charge in [0.15, 0.2) is 5.82 Å². The van der Waals surface area contributed by atoms with Crippen molar-refractivity contribution in [2.45, 2.75) is 45.7 Å². The maximum absolute atomic E-state index is 13.3. The van der Waals surface area contributed by atoms with Gasteiger partial charge in [-0.2, -0.15) is 15.0 Å².